The molecular formula is C18H15N3O4. The molecule has 0 aliphatic carbocycles. The van der Waals surface area contributed by atoms with E-state index in [4.69, 9.17) is 4.74 Å². The van der Waals surface area contributed by atoms with Crippen LogP contribution in [0, 0.1) is 10.1 Å². The average molecular weight is 337 g/mol. The van der Waals surface area contributed by atoms with Gasteiger partial charge in [0.2, 0.25) is 0 Å². The van der Waals surface area contributed by atoms with Gasteiger partial charge in [-0.15, -0.1) is 0 Å². The standard InChI is InChI=1S/C18H15N3O4/c1-2-25-18(22)15-12-20(13-8-4-3-5-9-13)19-17(15)14-10-6-7-11-16(14)21(23)24/h3-12H,2H2,1H3. The van der Waals surface area contributed by atoms with Crippen LogP contribution in [0.5, 0.6) is 0 Å². The Bertz CT molecular complexity index is 919. The second kappa shape index (κ2) is 6.96. The summed E-state index contributed by atoms with van der Waals surface area (Å²) in [4.78, 5) is 23.2. The van der Waals surface area contributed by atoms with Crippen molar-refractivity contribution in [3.8, 4) is 16.9 Å². The molecule has 0 aliphatic heterocycles. The number of carbonyl (C=O) groups is 1. The molecule has 7 heteroatoms. The van der Waals surface area contributed by atoms with Gasteiger partial charge in [-0.05, 0) is 25.1 Å². The minimum Gasteiger partial charge on any atom is -0.462 e. The molecule has 0 spiro atoms. The van der Waals surface area contributed by atoms with Crippen LogP contribution in [0.15, 0.2) is 60.8 Å². The van der Waals surface area contributed by atoms with Crippen LogP contribution in [-0.4, -0.2) is 27.3 Å². The fraction of sp³-hybridized carbons (Fsp3) is 0.111. The van der Waals surface area contributed by atoms with Gasteiger partial charge in [0, 0.05) is 12.3 Å². The maximum Gasteiger partial charge on any atom is 0.342 e. The second-order valence-electron chi connectivity index (χ2n) is 5.17. The van der Waals surface area contributed by atoms with Crippen LogP contribution in [0.1, 0.15) is 17.3 Å². The minimum absolute atomic E-state index is 0.119. The van der Waals surface area contributed by atoms with E-state index in [-0.39, 0.29) is 29.1 Å². The van der Waals surface area contributed by atoms with E-state index in [0.717, 1.165) is 5.69 Å². The number of nitrogens with zero attached hydrogens (tertiary/aromatic N) is 3. The summed E-state index contributed by atoms with van der Waals surface area (Å²) in [5.41, 5.74) is 1.28. The first-order chi connectivity index (χ1) is 12.1. The molecule has 0 unspecified atom stereocenters. The Balaban J connectivity index is 2.20. The Labute approximate surface area is 143 Å². The van der Waals surface area contributed by atoms with Crippen molar-refractivity contribution in [2.24, 2.45) is 0 Å². The van der Waals surface area contributed by atoms with Gasteiger partial charge in [-0.25, -0.2) is 9.48 Å². The van der Waals surface area contributed by atoms with Crippen molar-refractivity contribution >= 4 is 11.7 Å². The normalized spacial score (nSPS) is 10.4. The first-order valence-corrected chi connectivity index (χ1v) is 7.67. The van der Waals surface area contributed by atoms with Crippen LogP contribution >= 0.6 is 0 Å². The van der Waals surface area contributed by atoms with Gasteiger partial charge in [0.1, 0.15) is 11.3 Å². The Morgan fingerprint density at radius 1 is 1.16 bits per heavy atom. The maximum absolute atomic E-state index is 12.3. The molecule has 0 saturated heterocycles. The summed E-state index contributed by atoms with van der Waals surface area (Å²) in [6.45, 7) is 1.90. The molecule has 0 N–H and O–H groups in total. The summed E-state index contributed by atoms with van der Waals surface area (Å²) < 4.78 is 6.59. The highest BCUT2D eigenvalue weighted by Crippen LogP contribution is 2.31. The van der Waals surface area contributed by atoms with E-state index in [1.165, 1.54) is 16.9 Å². The molecule has 1 aromatic heterocycles. The molecule has 0 fully saturated rings. The highest BCUT2D eigenvalue weighted by Gasteiger charge is 2.25. The summed E-state index contributed by atoms with van der Waals surface area (Å²) >= 11 is 0. The minimum atomic E-state index is -0.571. The van der Waals surface area contributed by atoms with E-state index >= 15 is 0 Å². The van der Waals surface area contributed by atoms with E-state index < -0.39 is 10.9 Å². The van der Waals surface area contributed by atoms with E-state index in [2.05, 4.69) is 5.10 Å². The lowest BCUT2D eigenvalue weighted by Crippen LogP contribution is -2.05. The fourth-order valence-corrected chi connectivity index (χ4v) is 2.48. The van der Waals surface area contributed by atoms with Crippen molar-refractivity contribution < 1.29 is 14.5 Å². The molecule has 1 heterocycles. The van der Waals surface area contributed by atoms with Crippen LogP contribution in [-0.2, 0) is 4.74 Å². The lowest BCUT2D eigenvalue weighted by molar-refractivity contribution is -0.384. The molecule has 25 heavy (non-hydrogen) atoms. The predicted octanol–water partition coefficient (Wildman–Crippen LogP) is 3.62. The zero-order valence-electron chi connectivity index (χ0n) is 13.5. The molecule has 0 saturated carbocycles. The van der Waals surface area contributed by atoms with Crippen LogP contribution in [0.25, 0.3) is 16.9 Å². The number of hydrogen-bond donors (Lipinski definition) is 0. The Morgan fingerprint density at radius 2 is 1.84 bits per heavy atom. The summed E-state index contributed by atoms with van der Waals surface area (Å²) in [6, 6.07) is 15.4. The lowest BCUT2D eigenvalue weighted by atomic mass is 10.1. The van der Waals surface area contributed by atoms with Crippen molar-refractivity contribution in [1.29, 1.82) is 0 Å². The van der Waals surface area contributed by atoms with E-state index in [1.54, 1.807) is 25.1 Å². The van der Waals surface area contributed by atoms with Gasteiger partial charge in [-0.3, -0.25) is 10.1 Å². The SMILES string of the molecule is CCOC(=O)c1cn(-c2ccccc2)nc1-c1ccccc1[N+](=O)[O-]. The van der Waals surface area contributed by atoms with Crippen molar-refractivity contribution in [3.63, 3.8) is 0 Å². The first-order valence-electron chi connectivity index (χ1n) is 7.67. The molecule has 3 rings (SSSR count). The van der Waals surface area contributed by atoms with E-state index in [0.29, 0.717) is 0 Å². The number of ether oxygens (including phenoxy) is 1. The number of esters is 1. The van der Waals surface area contributed by atoms with Crippen molar-refractivity contribution in [3.05, 3.63) is 76.5 Å². The Morgan fingerprint density at radius 3 is 2.52 bits per heavy atom. The molecule has 0 aliphatic rings. The maximum atomic E-state index is 12.3. The lowest BCUT2D eigenvalue weighted by Gasteiger charge is -2.03. The average Bonchev–Trinajstić information content (AvgIpc) is 3.08. The third-order valence-electron chi connectivity index (χ3n) is 3.59. The molecular weight excluding hydrogens is 322 g/mol. The third-order valence-corrected chi connectivity index (χ3v) is 3.59. The van der Waals surface area contributed by atoms with Gasteiger partial charge in [0.15, 0.2) is 0 Å². The van der Waals surface area contributed by atoms with Gasteiger partial charge in [-0.2, -0.15) is 5.10 Å². The van der Waals surface area contributed by atoms with Crippen molar-refractivity contribution in [2.45, 2.75) is 6.92 Å². The topological polar surface area (TPSA) is 87.3 Å². The monoisotopic (exact) mass is 337 g/mol. The summed E-state index contributed by atoms with van der Waals surface area (Å²) in [6.07, 6.45) is 1.53. The molecule has 0 radical (unpaired) electrons. The largest absolute Gasteiger partial charge is 0.462 e. The number of benzene rings is 2. The zero-order chi connectivity index (χ0) is 17.8. The number of para-hydroxylation sites is 2. The van der Waals surface area contributed by atoms with Gasteiger partial charge in [0.25, 0.3) is 5.69 Å². The highest BCUT2D eigenvalue weighted by atomic mass is 16.6. The van der Waals surface area contributed by atoms with Gasteiger partial charge < -0.3 is 4.74 Å². The Kier molecular flexibility index (Phi) is 4.56. The smallest absolute Gasteiger partial charge is 0.342 e. The Hall–Kier alpha value is -3.48. The van der Waals surface area contributed by atoms with Gasteiger partial charge >= 0.3 is 5.97 Å². The molecule has 0 amide bonds. The van der Waals surface area contributed by atoms with Crippen molar-refractivity contribution in [2.75, 3.05) is 6.61 Å². The third kappa shape index (κ3) is 3.25. The quantitative estimate of drug-likeness (QED) is 0.403. The number of nitro groups is 1. The number of rotatable bonds is 5. The van der Waals surface area contributed by atoms with Crippen LogP contribution in [0.2, 0.25) is 0 Å². The fourth-order valence-electron chi connectivity index (χ4n) is 2.48. The molecule has 3 aromatic rings. The molecule has 7 nitrogen and oxygen atoms in total. The molecule has 2 aromatic carbocycles. The zero-order valence-corrected chi connectivity index (χ0v) is 13.5. The number of hydrogen-bond acceptors (Lipinski definition) is 5. The molecule has 0 bridgehead atoms. The second-order valence-corrected chi connectivity index (χ2v) is 5.17. The van der Waals surface area contributed by atoms with Crippen molar-refractivity contribution in [1.82, 2.24) is 9.78 Å². The number of aromatic nitrogens is 2. The molecule has 0 atom stereocenters. The molecule has 126 valence electrons. The predicted molar refractivity (Wildman–Crippen MR) is 91.6 cm³/mol. The van der Waals surface area contributed by atoms with Crippen LogP contribution in [0.4, 0.5) is 5.69 Å². The van der Waals surface area contributed by atoms with Crippen LogP contribution in [0.3, 0.4) is 0 Å². The van der Waals surface area contributed by atoms with Crippen LogP contribution < -0.4 is 0 Å². The summed E-state index contributed by atoms with van der Waals surface area (Å²) in [5.74, 6) is -0.571. The number of nitro benzene ring substituents is 1. The summed E-state index contributed by atoms with van der Waals surface area (Å²) in [7, 11) is 0. The summed E-state index contributed by atoms with van der Waals surface area (Å²) in [5, 5.41) is 15.7. The van der Waals surface area contributed by atoms with E-state index in [9.17, 15) is 14.9 Å². The van der Waals surface area contributed by atoms with Gasteiger partial charge in [-0.1, -0.05) is 30.3 Å². The highest BCUT2D eigenvalue weighted by molar-refractivity contribution is 5.97. The van der Waals surface area contributed by atoms with Gasteiger partial charge in [0.05, 0.1) is 22.8 Å². The first kappa shape index (κ1) is 16.4. The number of carbonyl (C=O) groups excluding carboxylic acids is 1. The van der Waals surface area contributed by atoms with E-state index in [1.807, 2.05) is 30.3 Å².